The van der Waals surface area contributed by atoms with E-state index in [1.807, 2.05) is 7.05 Å². The van der Waals surface area contributed by atoms with Crippen LogP contribution in [0.25, 0.3) is 0 Å². The maximum absolute atomic E-state index is 13.2. The van der Waals surface area contributed by atoms with E-state index in [0.717, 1.165) is 44.5 Å². The molecule has 0 amide bonds. The van der Waals surface area contributed by atoms with Crippen molar-refractivity contribution in [2.24, 2.45) is 0 Å². The minimum atomic E-state index is -4.66. The minimum Gasteiger partial charge on any atom is -0.382 e. The molecule has 2 nitrogen and oxygen atoms in total. The smallest absolute Gasteiger partial charge is 0.382 e. The Kier molecular flexibility index (Phi) is 4.52. The van der Waals surface area contributed by atoms with Gasteiger partial charge in [-0.05, 0) is 57.6 Å². The molecule has 1 N–H and O–H groups in total. The maximum Gasteiger partial charge on any atom is 0.419 e. The van der Waals surface area contributed by atoms with Gasteiger partial charge in [-0.15, -0.1) is 0 Å². The van der Waals surface area contributed by atoms with E-state index in [1.165, 1.54) is 6.07 Å². The first-order chi connectivity index (χ1) is 9.36. The molecule has 1 fully saturated rings. The predicted octanol–water partition coefficient (Wildman–Crippen LogP) is 3.74. The predicted molar refractivity (Wildman–Crippen MR) is 70.2 cm³/mol. The van der Waals surface area contributed by atoms with Crippen molar-refractivity contribution in [1.29, 1.82) is 0 Å². The standard InChI is InChI=1S/C14H18F4N2/c1-20-7-2-3-10(6-8-20)19-11-4-5-13(15)12(9-11)14(16,17)18/h4-5,9-10,19H,2-3,6-8H2,1H3. The summed E-state index contributed by atoms with van der Waals surface area (Å²) in [7, 11) is 2.03. The van der Waals surface area contributed by atoms with Crippen LogP contribution in [0.3, 0.4) is 0 Å². The van der Waals surface area contributed by atoms with Gasteiger partial charge in [-0.25, -0.2) is 4.39 Å². The summed E-state index contributed by atoms with van der Waals surface area (Å²) in [6, 6.07) is 3.21. The van der Waals surface area contributed by atoms with Crippen molar-refractivity contribution in [2.75, 3.05) is 25.5 Å². The van der Waals surface area contributed by atoms with Crippen molar-refractivity contribution in [2.45, 2.75) is 31.5 Å². The number of benzene rings is 1. The third-order valence-electron chi connectivity index (χ3n) is 3.59. The molecule has 1 heterocycles. The largest absolute Gasteiger partial charge is 0.419 e. The number of rotatable bonds is 2. The zero-order valence-corrected chi connectivity index (χ0v) is 11.3. The third-order valence-corrected chi connectivity index (χ3v) is 3.59. The summed E-state index contributed by atoms with van der Waals surface area (Å²) < 4.78 is 51.2. The van der Waals surface area contributed by atoms with Gasteiger partial charge in [0.05, 0.1) is 5.56 Å². The van der Waals surface area contributed by atoms with Crippen LogP contribution in [-0.2, 0) is 6.18 Å². The lowest BCUT2D eigenvalue weighted by Crippen LogP contribution is -2.23. The number of alkyl halides is 3. The van der Waals surface area contributed by atoms with E-state index in [1.54, 1.807) is 0 Å². The van der Waals surface area contributed by atoms with Crippen molar-refractivity contribution in [1.82, 2.24) is 4.90 Å². The van der Waals surface area contributed by atoms with Gasteiger partial charge in [0.25, 0.3) is 0 Å². The molecule has 0 spiro atoms. The van der Waals surface area contributed by atoms with Crippen LogP contribution in [0.4, 0.5) is 23.2 Å². The van der Waals surface area contributed by atoms with Gasteiger partial charge in [0.1, 0.15) is 5.82 Å². The Balaban J connectivity index is 2.10. The second kappa shape index (κ2) is 5.99. The molecule has 1 atom stereocenters. The highest BCUT2D eigenvalue weighted by Crippen LogP contribution is 2.33. The Bertz CT molecular complexity index is 459. The van der Waals surface area contributed by atoms with E-state index in [0.29, 0.717) is 5.69 Å². The molecule has 1 aromatic carbocycles. The molecule has 112 valence electrons. The van der Waals surface area contributed by atoms with Crippen LogP contribution in [0.2, 0.25) is 0 Å². The molecule has 20 heavy (non-hydrogen) atoms. The SMILES string of the molecule is CN1CCCC(Nc2ccc(F)c(C(F)(F)F)c2)CC1. The Morgan fingerprint density at radius 1 is 1.20 bits per heavy atom. The van der Waals surface area contributed by atoms with Gasteiger partial charge in [-0.1, -0.05) is 0 Å². The maximum atomic E-state index is 13.2. The van der Waals surface area contributed by atoms with E-state index >= 15 is 0 Å². The first-order valence-corrected chi connectivity index (χ1v) is 6.68. The molecule has 6 heteroatoms. The molecule has 0 bridgehead atoms. The van der Waals surface area contributed by atoms with E-state index in [4.69, 9.17) is 0 Å². The monoisotopic (exact) mass is 290 g/mol. The van der Waals surface area contributed by atoms with Gasteiger partial charge in [0.15, 0.2) is 0 Å². The van der Waals surface area contributed by atoms with Gasteiger partial charge in [0, 0.05) is 11.7 Å². The average molecular weight is 290 g/mol. The topological polar surface area (TPSA) is 15.3 Å². The lowest BCUT2D eigenvalue weighted by Gasteiger charge is -2.19. The van der Waals surface area contributed by atoms with E-state index < -0.39 is 17.6 Å². The van der Waals surface area contributed by atoms with E-state index in [9.17, 15) is 17.6 Å². The number of nitrogens with zero attached hydrogens (tertiary/aromatic N) is 1. The lowest BCUT2D eigenvalue weighted by molar-refractivity contribution is -0.139. The molecule has 0 aromatic heterocycles. The van der Waals surface area contributed by atoms with Gasteiger partial charge < -0.3 is 10.2 Å². The second-order valence-corrected chi connectivity index (χ2v) is 5.27. The Hall–Kier alpha value is -1.30. The number of anilines is 1. The summed E-state index contributed by atoms with van der Waals surface area (Å²) in [6.45, 7) is 1.90. The summed E-state index contributed by atoms with van der Waals surface area (Å²) in [5.41, 5.74) is -0.887. The summed E-state index contributed by atoms with van der Waals surface area (Å²) >= 11 is 0. The summed E-state index contributed by atoms with van der Waals surface area (Å²) in [5.74, 6) is -1.23. The molecular weight excluding hydrogens is 272 g/mol. The highest BCUT2D eigenvalue weighted by molar-refractivity contribution is 5.47. The minimum absolute atomic E-state index is 0.131. The quantitative estimate of drug-likeness (QED) is 0.835. The van der Waals surface area contributed by atoms with Gasteiger partial charge in [-0.2, -0.15) is 13.2 Å². The number of likely N-dealkylation sites (tertiary alicyclic amines) is 1. The third kappa shape index (κ3) is 3.85. The first-order valence-electron chi connectivity index (χ1n) is 6.68. The summed E-state index contributed by atoms with van der Waals surface area (Å²) in [4.78, 5) is 2.20. The number of halogens is 4. The van der Waals surface area contributed by atoms with Crippen LogP contribution in [-0.4, -0.2) is 31.1 Å². The Labute approximate surface area is 115 Å². The molecule has 1 aliphatic rings. The van der Waals surface area contributed by atoms with Crippen LogP contribution < -0.4 is 5.32 Å². The van der Waals surface area contributed by atoms with Crippen molar-refractivity contribution < 1.29 is 17.6 Å². The Morgan fingerprint density at radius 3 is 2.65 bits per heavy atom. The fourth-order valence-corrected chi connectivity index (χ4v) is 2.45. The molecule has 1 aliphatic heterocycles. The van der Waals surface area contributed by atoms with E-state index in [2.05, 4.69) is 10.2 Å². The Morgan fingerprint density at radius 2 is 1.95 bits per heavy atom. The fourth-order valence-electron chi connectivity index (χ4n) is 2.45. The first kappa shape index (κ1) is 15.1. The molecular formula is C14H18F4N2. The van der Waals surface area contributed by atoms with E-state index in [-0.39, 0.29) is 6.04 Å². The highest BCUT2D eigenvalue weighted by Gasteiger charge is 2.34. The molecule has 0 radical (unpaired) electrons. The van der Waals surface area contributed by atoms with Crippen LogP contribution >= 0.6 is 0 Å². The fraction of sp³-hybridized carbons (Fsp3) is 0.571. The van der Waals surface area contributed by atoms with Crippen LogP contribution in [0, 0.1) is 5.82 Å². The highest BCUT2D eigenvalue weighted by atomic mass is 19.4. The zero-order chi connectivity index (χ0) is 14.8. The van der Waals surface area contributed by atoms with Gasteiger partial charge >= 0.3 is 6.18 Å². The molecule has 0 aliphatic carbocycles. The van der Waals surface area contributed by atoms with Gasteiger partial charge in [0.2, 0.25) is 0 Å². The van der Waals surface area contributed by atoms with Crippen LogP contribution in [0.15, 0.2) is 18.2 Å². The molecule has 1 unspecified atom stereocenters. The van der Waals surface area contributed by atoms with Crippen LogP contribution in [0.1, 0.15) is 24.8 Å². The molecule has 0 saturated carbocycles. The molecule has 1 aromatic rings. The van der Waals surface area contributed by atoms with Crippen molar-refractivity contribution >= 4 is 5.69 Å². The number of hydrogen-bond acceptors (Lipinski definition) is 2. The zero-order valence-electron chi connectivity index (χ0n) is 11.3. The van der Waals surface area contributed by atoms with Crippen molar-refractivity contribution in [3.63, 3.8) is 0 Å². The summed E-state index contributed by atoms with van der Waals surface area (Å²) in [6.07, 6.45) is -1.88. The molecule has 1 saturated heterocycles. The van der Waals surface area contributed by atoms with Crippen molar-refractivity contribution in [3.8, 4) is 0 Å². The summed E-state index contributed by atoms with van der Waals surface area (Å²) in [5, 5.41) is 3.09. The lowest BCUT2D eigenvalue weighted by atomic mass is 10.1. The second-order valence-electron chi connectivity index (χ2n) is 5.27. The number of nitrogens with one attached hydrogen (secondary N) is 1. The normalized spacial score (nSPS) is 21.6. The van der Waals surface area contributed by atoms with Crippen molar-refractivity contribution in [3.05, 3.63) is 29.6 Å². The average Bonchev–Trinajstić information content (AvgIpc) is 2.55. The van der Waals surface area contributed by atoms with Gasteiger partial charge in [-0.3, -0.25) is 0 Å². The number of hydrogen-bond donors (Lipinski definition) is 1. The molecule has 2 rings (SSSR count). The van der Waals surface area contributed by atoms with Crippen LogP contribution in [0.5, 0.6) is 0 Å².